The second-order valence-corrected chi connectivity index (χ2v) is 10.7. The number of thioether (sulfide) groups is 1. The Morgan fingerprint density at radius 1 is 1.45 bits per heavy atom. The van der Waals surface area contributed by atoms with Crippen LogP contribution in [-0.4, -0.2) is 47.6 Å². The van der Waals surface area contributed by atoms with Crippen molar-refractivity contribution in [1.29, 1.82) is 0 Å². The number of carbonyl (C=O) groups is 2. The van der Waals surface area contributed by atoms with Crippen molar-refractivity contribution in [3.05, 3.63) is 0 Å². The first-order chi connectivity index (χ1) is 9.94. The Labute approximate surface area is 136 Å². The lowest BCUT2D eigenvalue weighted by atomic mass is 9.94. The first kappa shape index (κ1) is 17.6. The van der Waals surface area contributed by atoms with Crippen LogP contribution in [-0.2, 0) is 19.6 Å². The van der Waals surface area contributed by atoms with Crippen molar-refractivity contribution in [2.24, 2.45) is 5.41 Å². The standard InChI is InChI=1S/C14H24N2O4S2/c1-13(2,3)7-8-22(19,20)15-12(18)10-9-21-14(4)6-5-11(17)16(10)14/h10H,5-9H2,1-4H3,(H,15,18)/t10-,14-/m0/s1. The van der Waals surface area contributed by atoms with Gasteiger partial charge in [-0.2, -0.15) is 0 Å². The summed E-state index contributed by atoms with van der Waals surface area (Å²) < 4.78 is 26.3. The Morgan fingerprint density at radius 3 is 2.68 bits per heavy atom. The third kappa shape index (κ3) is 3.76. The molecule has 2 aliphatic heterocycles. The second kappa shape index (κ2) is 5.70. The Kier molecular flexibility index (Phi) is 4.56. The SMILES string of the molecule is CC(C)(C)CCS(=O)(=O)NC(=O)[C@@H]1CS[C@@]2(C)CCC(=O)N12. The highest BCUT2D eigenvalue weighted by molar-refractivity contribution is 8.01. The number of hydrogen-bond donors (Lipinski definition) is 1. The van der Waals surface area contributed by atoms with Crippen LogP contribution >= 0.6 is 11.8 Å². The van der Waals surface area contributed by atoms with Gasteiger partial charge in [-0.1, -0.05) is 20.8 Å². The third-order valence-corrected chi connectivity index (χ3v) is 6.88. The number of sulfonamides is 1. The van der Waals surface area contributed by atoms with E-state index in [9.17, 15) is 18.0 Å². The van der Waals surface area contributed by atoms with Crippen LogP contribution in [0.5, 0.6) is 0 Å². The predicted octanol–water partition coefficient (Wildman–Crippen LogP) is 1.32. The summed E-state index contributed by atoms with van der Waals surface area (Å²) in [6, 6.07) is -0.686. The maximum Gasteiger partial charge on any atom is 0.257 e. The molecule has 126 valence electrons. The van der Waals surface area contributed by atoms with Gasteiger partial charge in [0.15, 0.2) is 0 Å². The topological polar surface area (TPSA) is 83.5 Å². The molecule has 2 saturated heterocycles. The van der Waals surface area contributed by atoms with Crippen LogP contribution < -0.4 is 4.72 Å². The first-order valence-corrected chi connectivity index (χ1v) is 10.1. The number of nitrogens with zero attached hydrogens (tertiary/aromatic N) is 1. The van der Waals surface area contributed by atoms with Crippen molar-refractivity contribution in [2.45, 2.75) is 57.9 Å². The van der Waals surface area contributed by atoms with Gasteiger partial charge in [-0.05, 0) is 25.2 Å². The summed E-state index contributed by atoms with van der Waals surface area (Å²) in [6.45, 7) is 7.79. The minimum Gasteiger partial charge on any atom is -0.315 e. The van der Waals surface area contributed by atoms with E-state index in [4.69, 9.17) is 0 Å². The molecular weight excluding hydrogens is 324 g/mol. The number of amides is 2. The van der Waals surface area contributed by atoms with E-state index in [0.717, 1.165) is 0 Å². The molecule has 2 rings (SSSR count). The molecule has 2 heterocycles. The van der Waals surface area contributed by atoms with Gasteiger partial charge in [0, 0.05) is 12.2 Å². The highest BCUT2D eigenvalue weighted by Crippen LogP contribution is 2.47. The molecule has 0 unspecified atom stereocenters. The van der Waals surface area contributed by atoms with Gasteiger partial charge in [-0.25, -0.2) is 8.42 Å². The molecule has 0 spiro atoms. The monoisotopic (exact) mass is 348 g/mol. The molecule has 0 bridgehead atoms. The summed E-state index contributed by atoms with van der Waals surface area (Å²) in [4.78, 5) is 25.5. The fourth-order valence-electron chi connectivity index (χ4n) is 2.73. The second-order valence-electron chi connectivity index (χ2n) is 7.36. The van der Waals surface area contributed by atoms with Gasteiger partial charge in [-0.15, -0.1) is 11.8 Å². The molecule has 22 heavy (non-hydrogen) atoms. The van der Waals surface area contributed by atoms with Crippen molar-refractivity contribution in [2.75, 3.05) is 11.5 Å². The maximum atomic E-state index is 12.3. The summed E-state index contributed by atoms with van der Waals surface area (Å²) in [5.41, 5.74) is -0.121. The van der Waals surface area contributed by atoms with Gasteiger partial charge in [0.1, 0.15) is 6.04 Å². The van der Waals surface area contributed by atoms with Gasteiger partial charge in [0.25, 0.3) is 5.91 Å². The van der Waals surface area contributed by atoms with Gasteiger partial charge in [0.05, 0.1) is 10.6 Å². The molecule has 1 N–H and O–H groups in total. The highest BCUT2D eigenvalue weighted by Gasteiger charge is 2.53. The van der Waals surface area contributed by atoms with Crippen LogP contribution in [0.3, 0.4) is 0 Å². The van der Waals surface area contributed by atoms with E-state index < -0.39 is 22.0 Å². The lowest BCUT2D eigenvalue weighted by molar-refractivity contribution is -0.137. The molecule has 2 atom stereocenters. The number of fused-ring (bicyclic) bond motifs is 1. The fourth-order valence-corrected chi connectivity index (χ4v) is 5.59. The quantitative estimate of drug-likeness (QED) is 0.828. The van der Waals surface area contributed by atoms with Crippen LogP contribution in [0.1, 0.15) is 47.0 Å². The van der Waals surface area contributed by atoms with E-state index in [1.165, 1.54) is 0 Å². The van der Waals surface area contributed by atoms with Gasteiger partial charge in [0.2, 0.25) is 15.9 Å². The minimum absolute atomic E-state index is 0.0697. The summed E-state index contributed by atoms with van der Waals surface area (Å²) in [5.74, 6) is -0.295. The lowest BCUT2D eigenvalue weighted by Crippen LogP contribution is -2.51. The summed E-state index contributed by atoms with van der Waals surface area (Å²) >= 11 is 1.55. The van der Waals surface area contributed by atoms with Crippen LogP contribution in [0.25, 0.3) is 0 Å². The summed E-state index contributed by atoms with van der Waals surface area (Å²) in [5, 5.41) is 0. The third-order valence-electron chi connectivity index (χ3n) is 4.12. The Bertz CT molecular complexity index is 582. The van der Waals surface area contributed by atoms with Crippen molar-refractivity contribution in [3.8, 4) is 0 Å². The van der Waals surface area contributed by atoms with E-state index in [0.29, 0.717) is 25.0 Å². The molecule has 0 aromatic heterocycles. The normalized spacial score (nSPS) is 28.8. The zero-order valence-electron chi connectivity index (χ0n) is 13.5. The number of hydrogen-bond acceptors (Lipinski definition) is 5. The molecule has 0 aromatic rings. The number of carbonyl (C=O) groups excluding carboxylic acids is 2. The van der Waals surface area contributed by atoms with Crippen LogP contribution in [0, 0.1) is 5.41 Å². The van der Waals surface area contributed by atoms with Gasteiger partial charge < -0.3 is 4.90 Å². The van der Waals surface area contributed by atoms with Crippen molar-refractivity contribution < 1.29 is 18.0 Å². The summed E-state index contributed by atoms with van der Waals surface area (Å²) in [7, 11) is -3.66. The van der Waals surface area contributed by atoms with Crippen LogP contribution in [0.15, 0.2) is 0 Å². The Hall–Kier alpha value is -0.760. The first-order valence-electron chi connectivity index (χ1n) is 7.44. The molecule has 8 heteroatoms. The van der Waals surface area contributed by atoms with Crippen molar-refractivity contribution >= 4 is 33.6 Å². The molecule has 6 nitrogen and oxygen atoms in total. The van der Waals surface area contributed by atoms with Gasteiger partial charge in [-0.3, -0.25) is 14.3 Å². The highest BCUT2D eigenvalue weighted by atomic mass is 32.2. The Balaban J connectivity index is 2.02. The van der Waals surface area contributed by atoms with E-state index in [1.54, 1.807) is 16.7 Å². The zero-order valence-corrected chi connectivity index (χ0v) is 15.1. The summed E-state index contributed by atoms with van der Waals surface area (Å²) in [6.07, 6.45) is 1.59. The molecule has 2 aliphatic rings. The molecule has 0 radical (unpaired) electrons. The maximum absolute atomic E-state index is 12.3. The average Bonchev–Trinajstić information content (AvgIpc) is 2.84. The molecule has 0 aromatic carbocycles. The van der Waals surface area contributed by atoms with Crippen LogP contribution in [0.2, 0.25) is 0 Å². The van der Waals surface area contributed by atoms with Crippen molar-refractivity contribution in [3.63, 3.8) is 0 Å². The number of rotatable bonds is 4. The van der Waals surface area contributed by atoms with E-state index >= 15 is 0 Å². The Morgan fingerprint density at radius 2 is 2.09 bits per heavy atom. The van der Waals surface area contributed by atoms with Crippen molar-refractivity contribution in [1.82, 2.24) is 9.62 Å². The lowest BCUT2D eigenvalue weighted by Gasteiger charge is -2.29. The molecule has 0 saturated carbocycles. The average molecular weight is 348 g/mol. The van der Waals surface area contributed by atoms with E-state index in [2.05, 4.69) is 4.72 Å². The fraction of sp³-hybridized carbons (Fsp3) is 0.857. The van der Waals surface area contributed by atoms with E-state index in [-0.39, 0.29) is 21.9 Å². The molecule has 0 aliphatic carbocycles. The van der Waals surface area contributed by atoms with Crippen LogP contribution in [0.4, 0.5) is 0 Å². The van der Waals surface area contributed by atoms with Gasteiger partial charge >= 0.3 is 0 Å². The van der Waals surface area contributed by atoms with E-state index in [1.807, 2.05) is 27.7 Å². The zero-order chi connectivity index (χ0) is 16.8. The smallest absolute Gasteiger partial charge is 0.257 e. The minimum atomic E-state index is -3.66. The molecule has 2 fully saturated rings. The number of nitrogens with one attached hydrogen (secondary N) is 1. The molecular formula is C14H24N2O4S2. The largest absolute Gasteiger partial charge is 0.315 e. The molecule has 2 amide bonds. The predicted molar refractivity (Wildman–Crippen MR) is 86.7 cm³/mol.